The van der Waals surface area contributed by atoms with E-state index in [4.69, 9.17) is 0 Å². The second kappa shape index (κ2) is 7.70. The number of carbonyl (C=O) groups is 2. The van der Waals surface area contributed by atoms with Gasteiger partial charge in [-0.25, -0.2) is 0 Å². The number of carbonyl (C=O) groups excluding carboxylic acids is 2. The molecule has 2 heterocycles. The van der Waals surface area contributed by atoms with Crippen molar-refractivity contribution in [3.8, 4) is 10.4 Å². The number of hydrogen-bond acceptors (Lipinski definition) is 3. The molecule has 4 rings (SSSR count). The van der Waals surface area contributed by atoms with Gasteiger partial charge in [0.2, 0.25) is 11.8 Å². The Morgan fingerprint density at radius 3 is 2.54 bits per heavy atom. The average Bonchev–Trinajstić information content (AvgIpc) is 3.41. The zero-order chi connectivity index (χ0) is 19.7. The van der Waals surface area contributed by atoms with Gasteiger partial charge in [0.05, 0.1) is 5.41 Å². The quantitative estimate of drug-likeness (QED) is 0.765. The molecule has 0 bridgehead atoms. The molecule has 4 nitrogen and oxygen atoms in total. The Morgan fingerprint density at radius 2 is 1.93 bits per heavy atom. The second-order valence-electron chi connectivity index (χ2n) is 8.47. The van der Waals surface area contributed by atoms with Crippen LogP contribution in [0.2, 0.25) is 0 Å². The maximum atomic E-state index is 13.2. The van der Waals surface area contributed by atoms with Crippen molar-refractivity contribution < 1.29 is 9.59 Å². The number of likely N-dealkylation sites (tertiary alicyclic amines) is 1. The van der Waals surface area contributed by atoms with Gasteiger partial charge in [-0.05, 0) is 54.7 Å². The van der Waals surface area contributed by atoms with E-state index in [0.29, 0.717) is 13.0 Å². The van der Waals surface area contributed by atoms with Crippen molar-refractivity contribution in [2.75, 3.05) is 27.2 Å². The normalized spacial score (nSPS) is 22.1. The first-order valence-electron chi connectivity index (χ1n) is 10.1. The third-order valence-corrected chi connectivity index (χ3v) is 6.90. The first kappa shape index (κ1) is 19.2. The molecule has 1 aliphatic heterocycles. The van der Waals surface area contributed by atoms with Gasteiger partial charge < -0.3 is 9.80 Å². The molecule has 0 spiro atoms. The van der Waals surface area contributed by atoms with Crippen LogP contribution in [0.5, 0.6) is 0 Å². The highest BCUT2D eigenvalue weighted by atomic mass is 32.1. The van der Waals surface area contributed by atoms with Crippen LogP contribution in [0.4, 0.5) is 0 Å². The molecule has 2 aliphatic rings. The number of thiophene rings is 1. The van der Waals surface area contributed by atoms with Crippen LogP contribution < -0.4 is 0 Å². The summed E-state index contributed by atoms with van der Waals surface area (Å²) in [4.78, 5) is 30.8. The summed E-state index contributed by atoms with van der Waals surface area (Å²) in [7, 11) is 3.65. The van der Waals surface area contributed by atoms with Crippen molar-refractivity contribution in [1.29, 1.82) is 0 Å². The van der Waals surface area contributed by atoms with Gasteiger partial charge in [-0.1, -0.05) is 30.3 Å². The molecular formula is C23H28N2O2S. The summed E-state index contributed by atoms with van der Waals surface area (Å²) >= 11 is 1.73. The molecule has 2 aromatic rings. The molecule has 1 aromatic carbocycles. The van der Waals surface area contributed by atoms with Gasteiger partial charge in [0.1, 0.15) is 0 Å². The molecule has 0 N–H and O–H groups in total. The Kier molecular flexibility index (Phi) is 5.28. The van der Waals surface area contributed by atoms with Crippen LogP contribution in [-0.2, 0) is 16.0 Å². The first-order valence-corrected chi connectivity index (χ1v) is 11.0. The number of piperidine rings is 1. The summed E-state index contributed by atoms with van der Waals surface area (Å²) in [5, 5.41) is 2.08. The standard InChI is InChI=1S/C23H28N2O2S/c1-24(2)22(27)23(12-4-13-25(16-23)21(26)19-10-11-19)15-17-6-8-18(9-7-17)20-5-3-14-28-20/h3,5-9,14,19H,4,10-13,15-16H2,1-2H3/t23-/m0/s1. The summed E-state index contributed by atoms with van der Waals surface area (Å²) in [6, 6.07) is 12.8. The maximum Gasteiger partial charge on any atom is 0.230 e. The Bertz CT molecular complexity index is 840. The zero-order valence-corrected chi connectivity index (χ0v) is 17.5. The molecule has 28 heavy (non-hydrogen) atoms. The third-order valence-electron chi connectivity index (χ3n) is 5.98. The van der Waals surface area contributed by atoms with E-state index in [9.17, 15) is 9.59 Å². The lowest BCUT2D eigenvalue weighted by atomic mass is 9.73. The van der Waals surface area contributed by atoms with Gasteiger partial charge in [0.15, 0.2) is 0 Å². The van der Waals surface area contributed by atoms with Gasteiger partial charge in [-0.15, -0.1) is 11.3 Å². The molecule has 1 aromatic heterocycles. The van der Waals surface area contributed by atoms with Gasteiger partial charge >= 0.3 is 0 Å². The highest BCUT2D eigenvalue weighted by molar-refractivity contribution is 7.13. The lowest BCUT2D eigenvalue weighted by Crippen LogP contribution is -2.54. The predicted molar refractivity (Wildman–Crippen MR) is 113 cm³/mol. The van der Waals surface area contributed by atoms with Crippen molar-refractivity contribution in [2.45, 2.75) is 32.1 Å². The summed E-state index contributed by atoms with van der Waals surface area (Å²) < 4.78 is 0. The third kappa shape index (κ3) is 3.86. The van der Waals surface area contributed by atoms with Gasteiger partial charge in [0.25, 0.3) is 0 Å². The van der Waals surface area contributed by atoms with Crippen LogP contribution >= 0.6 is 11.3 Å². The molecular weight excluding hydrogens is 368 g/mol. The Labute approximate surface area is 171 Å². The smallest absolute Gasteiger partial charge is 0.230 e. The van der Waals surface area contributed by atoms with E-state index in [1.54, 1.807) is 16.2 Å². The van der Waals surface area contributed by atoms with E-state index in [1.165, 1.54) is 10.4 Å². The van der Waals surface area contributed by atoms with Crippen molar-refractivity contribution in [1.82, 2.24) is 9.80 Å². The fourth-order valence-electron chi connectivity index (χ4n) is 4.40. The van der Waals surface area contributed by atoms with Gasteiger partial charge in [0, 0.05) is 38.0 Å². The first-order chi connectivity index (χ1) is 13.5. The molecule has 2 amide bonds. The SMILES string of the molecule is CN(C)C(=O)[C@]1(Cc2ccc(-c3cccs3)cc2)CCCN(C(=O)C2CC2)C1. The predicted octanol–water partition coefficient (Wildman–Crippen LogP) is 4.06. The topological polar surface area (TPSA) is 40.6 Å². The van der Waals surface area contributed by atoms with E-state index in [2.05, 4.69) is 41.8 Å². The van der Waals surface area contributed by atoms with E-state index < -0.39 is 5.41 Å². The minimum atomic E-state index is -0.517. The number of hydrogen-bond donors (Lipinski definition) is 0. The molecule has 1 saturated heterocycles. The van der Waals surface area contributed by atoms with E-state index in [0.717, 1.165) is 37.8 Å². The van der Waals surface area contributed by atoms with Gasteiger partial charge in [-0.2, -0.15) is 0 Å². The van der Waals surface area contributed by atoms with Crippen molar-refractivity contribution in [3.63, 3.8) is 0 Å². The van der Waals surface area contributed by atoms with E-state index in [1.807, 2.05) is 19.0 Å². The highest BCUT2D eigenvalue weighted by Crippen LogP contribution is 2.39. The monoisotopic (exact) mass is 396 g/mol. The minimum absolute atomic E-state index is 0.142. The molecule has 2 fully saturated rings. The van der Waals surface area contributed by atoms with Crippen LogP contribution in [-0.4, -0.2) is 48.8 Å². The van der Waals surface area contributed by atoms with Crippen molar-refractivity contribution in [3.05, 3.63) is 47.3 Å². The molecule has 1 saturated carbocycles. The van der Waals surface area contributed by atoms with Crippen molar-refractivity contribution in [2.24, 2.45) is 11.3 Å². The van der Waals surface area contributed by atoms with Gasteiger partial charge in [-0.3, -0.25) is 9.59 Å². The molecule has 0 unspecified atom stereocenters. The second-order valence-corrected chi connectivity index (χ2v) is 9.42. The zero-order valence-electron chi connectivity index (χ0n) is 16.7. The van der Waals surface area contributed by atoms with Crippen LogP contribution in [0.25, 0.3) is 10.4 Å². The largest absolute Gasteiger partial charge is 0.348 e. The molecule has 148 valence electrons. The van der Waals surface area contributed by atoms with Crippen LogP contribution in [0.1, 0.15) is 31.2 Å². The number of amides is 2. The molecule has 0 radical (unpaired) electrons. The average molecular weight is 397 g/mol. The van der Waals surface area contributed by atoms with E-state index >= 15 is 0 Å². The minimum Gasteiger partial charge on any atom is -0.348 e. The number of nitrogens with zero attached hydrogens (tertiary/aromatic N) is 2. The van der Waals surface area contributed by atoms with Crippen molar-refractivity contribution >= 4 is 23.2 Å². The lowest BCUT2D eigenvalue weighted by molar-refractivity contribution is -0.147. The lowest BCUT2D eigenvalue weighted by Gasteiger charge is -2.43. The highest BCUT2D eigenvalue weighted by Gasteiger charge is 2.46. The molecule has 1 atom stereocenters. The summed E-state index contributed by atoms with van der Waals surface area (Å²) in [6.07, 6.45) is 4.43. The summed E-state index contributed by atoms with van der Waals surface area (Å²) in [5.41, 5.74) is 1.86. The fraction of sp³-hybridized carbons (Fsp3) is 0.478. The number of rotatable bonds is 5. The fourth-order valence-corrected chi connectivity index (χ4v) is 5.13. The van der Waals surface area contributed by atoms with Crippen LogP contribution in [0.15, 0.2) is 41.8 Å². The van der Waals surface area contributed by atoms with Crippen LogP contribution in [0, 0.1) is 11.3 Å². The van der Waals surface area contributed by atoms with E-state index in [-0.39, 0.29) is 17.7 Å². The van der Waals surface area contributed by atoms with Crippen LogP contribution in [0.3, 0.4) is 0 Å². The molecule has 1 aliphatic carbocycles. The Balaban J connectivity index is 1.57. The Hall–Kier alpha value is -2.14. The maximum absolute atomic E-state index is 13.2. The number of benzene rings is 1. The molecule has 5 heteroatoms. The Morgan fingerprint density at radius 1 is 1.18 bits per heavy atom. The summed E-state index contributed by atoms with van der Waals surface area (Å²) in [6.45, 7) is 1.33. The summed E-state index contributed by atoms with van der Waals surface area (Å²) in [5.74, 6) is 0.599.